The number of benzene rings is 1. The van der Waals surface area contributed by atoms with E-state index in [2.05, 4.69) is 11.7 Å². The number of carbonyl (C=O) groups is 1. The van der Waals surface area contributed by atoms with Crippen LogP contribution in [0.3, 0.4) is 0 Å². The van der Waals surface area contributed by atoms with Crippen molar-refractivity contribution >= 4 is 5.97 Å². The van der Waals surface area contributed by atoms with Gasteiger partial charge in [0.05, 0.1) is 12.7 Å². The second kappa shape index (κ2) is 3.19. The summed E-state index contributed by atoms with van der Waals surface area (Å²) < 4.78 is 4.54. The Morgan fingerprint density at radius 3 is 2.64 bits per heavy atom. The lowest BCUT2D eigenvalue weighted by atomic mass is 10.1. The minimum Gasteiger partial charge on any atom is -0.465 e. The van der Waals surface area contributed by atoms with Crippen LogP contribution in [0.5, 0.6) is 0 Å². The SMILES string of the molecule is [CH2]c1ccccc1C(=O)OC. The average molecular weight is 149 g/mol. The van der Waals surface area contributed by atoms with E-state index in [0.717, 1.165) is 0 Å². The molecule has 0 atom stereocenters. The van der Waals surface area contributed by atoms with Crippen molar-refractivity contribution in [2.75, 3.05) is 7.11 Å². The zero-order valence-electron chi connectivity index (χ0n) is 6.33. The van der Waals surface area contributed by atoms with Crippen LogP contribution in [0.1, 0.15) is 15.9 Å². The zero-order chi connectivity index (χ0) is 8.27. The summed E-state index contributed by atoms with van der Waals surface area (Å²) in [6.07, 6.45) is 0. The first-order valence-electron chi connectivity index (χ1n) is 3.25. The van der Waals surface area contributed by atoms with Gasteiger partial charge in [0, 0.05) is 0 Å². The molecule has 2 heteroatoms. The van der Waals surface area contributed by atoms with E-state index < -0.39 is 0 Å². The van der Waals surface area contributed by atoms with Gasteiger partial charge in [0.15, 0.2) is 0 Å². The van der Waals surface area contributed by atoms with Crippen LogP contribution < -0.4 is 0 Å². The first kappa shape index (κ1) is 7.79. The molecule has 1 aromatic carbocycles. The third-order valence-corrected chi connectivity index (χ3v) is 1.42. The average Bonchev–Trinajstić information content (AvgIpc) is 2.04. The van der Waals surface area contributed by atoms with Crippen LogP contribution in [-0.4, -0.2) is 13.1 Å². The van der Waals surface area contributed by atoms with Gasteiger partial charge >= 0.3 is 5.97 Å². The molecule has 0 fully saturated rings. The first-order chi connectivity index (χ1) is 5.25. The Kier molecular flexibility index (Phi) is 2.26. The van der Waals surface area contributed by atoms with Crippen LogP contribution in [0.2, 0.25) is 0 Å². The van der Waals surface area contributed by atoms with Gasteiger partial charge in [-0.25, -0.2) is 4.79 Å². The summed E-state index contributed by atoms with van der Waals surface area (Å²) in [5, 5.41) is 0. The number of hydrogen-bond donors (Lipinski definition) is 0. The summed E-state index contributed by atoms with van der Waals surface area (Å²) in [5.41, 5.74) is 1.22. The maximum atomic E-state index is 11.0. The molecule has 0 N–H and O–H groups in total. The monoisotopic (exact) mass is 149 g/mol. The topological polar surface area (TPSA) is 26.3 Å². The molecule has 0 unspecified atom stereocenters. The van der Waals surface area contributed by atoms with E-state index in [4.69, 9.17) is 0 Å². The van der Waals surface area contributed by atoms with Crippen LogP contribution in [0.15, 0.2) is 24.3 Å². The molecule has 0 saturated carbocycles. The molecule has 0 saturated heterocycles. The van der Waals surface area contributed by atoms with Crippen LogP contribution in [0.25, 0.3) is 0 Å². The van der Waals surface area contributed by atoms with Crippen molar-refractivity contribution in [3.63, 3.8) is 0 Å². The molecule has 57 valence electrons. The van der Waals surface area contributed by atoms with E-state index in [-0.39, 0.29) is 5.97 Å². The second-order valence-electron chi connectivity index (χ2n) is 2.15. The normalized spacial score (nSPS) is 9.27. The molecule has 0 spiro atoms. The highest BCUT2D eigenvalue weighted by Crippen LogP contribution is 2.07. The van der Waals surface area contributed by atoms with Crippen molar-refractivity contribution in [2.24, 2.45) is 0 Å². The zero-order valence-corrected chi connectivity index (χ0v) is 6.33. The van der Waals surface area contributed by atoms with Gasteiger partial charge in [-0.15, -0.1) is 0 Å². The smallest absolute Gasteiger partial charge is 0.338 e. The molecule has 0 aliphatic heterocycles. The Hall–Kier alpha value is -1.31. The molecule has 0 bridgehead atoms. The Labute approximate surface area is 65.8 Å². The molecular formula is C9H9O2. The molecule has 0 aliphatic carbocycles. The second-order valence-corrected chi connectivity index (χ2v) is 2.15. The van der Waals surface area contributed by atoms with Crippen LogP contribution >= 0.6 is 0 Å². The highest BCUT2D eigenvalue weighted by Gasteiger charge is 2.05. The molecular weight excluding hydrogens is 140 g/mol. The van der Waals surface area contributed by atoms with Gasteiger partial charge in [0.25, 0.3) is 0 Å². The fourth-order valence-corrected chi connectivity index (χ4v) is 0.829. The Bertz CT molecular complexity index is 266. The van der Waals surface area contributed by atoms with Gasteiger partial charge in [-0.05, 0) is 18.6 Å². The summed E-state index contributed by atoms with van der Waals surface area (Å²) in [5.74, 6) is -0.337. The molecule has 0 heterocycles. The maximum Gasteiger partial charge on any atom is 0.338 e. The van der Waals surface area contributed by atoms with Gasteiger partial charge in [0.1, 0.15) is 0 Å². The number of rotatable bonds is 1. The van der Waals surface area contributed by atoms with E-state index in [1.54, 1.807) is 18.2 Å². The number of carbonyl (C=O) groups excluding carboxylic acids is 1. The number of methoxy groups -OCH3 is 1. The highest BCUT2D eigenvalue weighted by atomic mass is 16.5. The van der Waals surface area contributed by atoms with Crippen molar-refractivity contribution in [3.8, 4) is 0 Å². The summed E-state index contributed by atoms with van der Waals surface area (Å²) in [6.45, 7) is 3.69. The van der Waals surface area contributed by atoms with Gasteiger partial charge < -0.3 is 4.74 Å². The lowest BCUT2D eigenvalue weighted by Crippen LogP contribution is -2.02. The quantitative estimate of drug-likeness (QED) is 0.567. The number of esters is 1. The van der Waals surface area contributed by atoms with Gasteiger partial charge in [-0.3, -0.25) is 0 Å². The molecule has 1 radical (unpaired) electrons. The molecule has 1 aromatic rings. The number of ether oxygens (including phenoxy) is 1. The summed E-state index contributed by atoms with van der Waals surface area (Å²) >= 11 is 0. The van der Waals surface area contributed by atoms with Crippen LogP contribution in [0, 0.1) is 6.92 Å². The number of hydrogen-bond acceptors (Lipinski definition) is 2. The minimum atomic E-state index is -0.337. The summed E-state index contributed by atoms with van der Waals surface area (Å²) in [4.78, 5) is 11.0. The van der Waals surface area contributed by atoms with E-state index >= 15 is 0 Å². The fourth-order valence-electron chi connectivity index (χ4n) is 0.829. The highest BCUT2D eigenvalue weighted by molar-refractivity contribution is 5.91. The van der Waals surface area contributed by atoms with Crippen molar-refractivity contribution in [1.82, 2.24) is 0 Å². The molecule has 0 aliphatic rings. The maximum absolute atomic E-state index is 11.0. The summed E-state index contributed by atoms with van der Waals surface area (Å²) in [7, 11) is 1.36. The summed E-state index contributed by atoms with van der Waals surface area (Å²) in [6, 6.07) is 7.07. The predicted molar refractivity (Wildman–Crippen MR) is 42.2 cm³/mol. The lowest BCUT2D eigenvalue weighted by Gasteiger charge is -2.00. The first-order valence-corrected chi connectivity index (χ1v) is 3.25. The molecule has 1 rings (SSSR count). The third kappa shape index (κ3) is 1.58. The molecule has 2 nitrogen and oxygen atoms in total. The minimum absolute atomic E-state index is 0.337. The van der Waals surface area contributed by atoms with Crippen molar-refractivity contribution in [1.29, 1.82) is 0 Å². The fraction of sp³-hybridized carbons (Fsp3) is 0.111. The van der Waals surface area contributed by atoms with Gasteiger partial charge in [-0.1, -0.05) is 18.2 Å². The Balaban J connectivity index is 3.03. The largest absolute Gasteiger partial charge is 0.465 e. The van der Waals surface area contributed by atoms with Gasteiger partial charge in [-0.2, -0.15) is 0 Å². The Morgan fingerprint density at radius 2 is 2.09 bits per heavy atom. The third-order valence-electron chi connectivity index (χ3n) is 1.42. The van der Waals surface area contributed by atoms with Crippen molar-refractivity contribution in [3.05, 3.63) is 42.3 Å². The van der Waals surface area contributed by atoms with E-state index in [1.807, 2.05) is 6.07 Å². The standard InChI is InChI=1S/C9H9O2/c1-7-5-3-4-6-8(7)9(10)11-2/h3-6H,1H2,2H3. The van der Waals surface area contributed by atoms with E-state index in [1.165, 1.54) is 7.11 Å². The van der Waals surface area contributed by atoms with Crippen molar-refractivity contribution in [2.45, 2.75) is 0 Å². The predicted octanol–water partition coefficient (Wildman–Crippen LogP) is 1.66. The lowest BCUT2D eigenvalue weighted by molar-refractivity contribution is 0.0600. The van der Waals surface area contributed by atoms with E-state index in [9.17, 15) is 4.79 Å². The van der Waals surface area contributed by atoms with Crippen molar-refractivity contribution < 1.29 is 9.53 Å². The Morgan fingerprint density at radius 1 is 1.45 bits per heavy atom. The molecule has 0 amide bonds. The van der Waals surface area contributed by atoms with Crippen LogP contribution in [-0.2, 0) is 4.74 Å². The van der Waals surface area contributed by atoms with Gasteiger partial charge in [0.2, 0.25) is 0 Å². The molecule has 11 heavy (non-hydrogen) atoms. The van der Waals surface area contributed by atoms with Crippen LogP contribution in [0.4, 0.5) is 0 Å². The molecule has 0 aromatic heterocycles. The van der Waals surface area contributed by atoms with E-state index in [0.29, 0.717) is 11.1 Å².